The topological polar surface area (TPSA) is 75.9 Å². The van der Waals surface area contributed by atoms with Crippen LogP contribution in [0.2, 0.25) is 0 Å². The number of pyridine rings is 1. The summed E-state index contributed by atoms with van der Waals surface area (Å²) < 4.78 is 0. The number of hydrogen-bond acceptors (Lipinski definition) is 4. The Balaban J connectivity index is 1.64. The number of benzene rings is 1. The van der Waals surface area contributed by atoms with Gasteiger partial charge in [-0.3, -0.25) is 9.88 Å². The van der Waals surface area contributed by atoms with E-state index in [1.807, 2.05) is 18.3 Å². The van der Waals surface area contributed by atoms with E-state index in [1.165, 1.54) is 24.8 Å². The number of likely N-dealkylation sites (tertiary alicyclic amines) is 1. The maximum absolute atomic E-state index is 10.3. The Bertz CT molecular complexity index is 931. The lowest BCUT2D eigenvalue weighted by Crippen LogP contribution is -2.29. The molecule has 0 radical (unpaired) electrons. The van der Waals surface area contributed by atoms with E-state index < -0.39 is 0 Å². The van der Waals surface area contributed by atoms with Crippen LogP contribution in [0, 0.1) is 11.3 Å². The fourth-order valence-corrected chi connectivity index (χ4v) is 3.55. The number of aromatic nitrogens is 2. The molecule has 3 heterocycles. The number of aromatic amines is 1. The highest BCUT2D eigenvalue weighted by Crippen LogP contribution is 2.36. The van der Waals surface area contributed by atoms with E-state index in [0.717, 1.165) is 30.5 Å². The average Bonchev–Trinajstić information content (AvgIpc) is 2.98. The smallest absolute Gasteiger partial charge is 0.199 e. The first-order chi connectivity index (χ1) is 12.2. The first kappa shape index (κ1) is 15.7. The predicted molar refractivity (Wildman–Crippen MR) is 97.0 cm³/mol. The normalized spacial score (nSPS) is 15.3. The number of rotatable bonds is 3. The van der Waals surface area contributed by atoms with Crippen molar-refractivity contribution in [2.45, 2.75) is 25.8 Å². The largest absolute Gasteiger partial charge is 0.494 e. The third-order valence-corrected chi connectivity index (χ3v) is 4.84. The molecule has 5 nitrogen and oxygen atoms in total. The minimum Gasteiger partial charge on any atom is -0.494 e. The standard InChI is InChI=1S/C20H20N4O/c21-11-14-4-6-17-16(10-14)19(20(25)23-17)18-7-5-15(12-22-18)13-24-8-2-1-3-9-24/h4-7,10,12,23,25H,1-3,8-9,13H2. The van der Waals surface area contributed by atoms with Crippen molar-refractivity contribution < 1.29 is 5.11 Å². The molecule has 4 rings (SSSR count). The van der Waals surface area contributed by atoms with Crippen LogP contribution < -0.4 is 0 Å². The minimum absolute atomic E-state index is 0.0846. The summed E-state index contributed by atoms with van der Waals surface area (Å²) in [5, 5.41) is 20.2. The zero-order chi connectivity index (χ0) is 17.2. The SMILES string of the molecule is N#Cc1ccc2[nH]c(O)c(-c3ccc(CN4CCCCC4)cn3)c2c1. The highest BCUT2D eigenvalue weighted by atomic mass is 16.3. The van der Waals surface area contributed by atoms with E-state index in [4.69, 9.17) is 5.26 Å². The quantitative estimate of drug-likeness (QED) is 0.765. The molecule has 0 atom stereocenters. The van der Waals surface area contributed by atoms with Gasteiger partial charge in [0.05, 0.1) is 22.9 Å². The lowest BCUT2D eigenvalue weighted by molar-refractivity contribution is 0.220. The molecule has 0 amide bonds. The van der Waals surface area contributed by atoms with Crippen LogP contribution in [0.1, 0.15) is 30.4 Å². The van der Waals surface area contributed by atoms with Crippen molar-refractivity contribution >= 4 is 10.9 Å². The Hall–Kier alpha value is -2.84. The second-order valence-corrected chi connectivity index (χ2v) is 6.61. The van der Waals surface area contributed by atoms with Gasteiger partial charge in [0, 0.05) is 23.6 Å². The maximum Gasteiger partial charge on any atom is 0.199 e. The number of nitrogens with one attached hydrogen (secondary N) is 1. The molecule has 2 aromatic heterocycles. The van der Waals surface area contributed by atoms with Crippen molar-refractivity contribution in [1.82, 2.24) is 14.9 Å². The summed E-state index contributed by atoms with van der Waals surface area (Å²) >= 11 is 0. The average molecular weight is 332 g/mol. The molecule has 3 aromatic rings. The summed E-state index contributed by atoms with van der Waals surface area (Å²) in [5.74, 6) is 0.0846. The molecule has 0 bridgehead atoms. The zero-order valence-electron chi connectivity index (χ0n) is 14.0. The van der Waals surface area contributed by atoms with Gasteiger partial charge in [0.15, 0.2) is 5.88 Å². The number of H-pyrrole nitrogens is 1. The molecule has 0 aliphatic carbocycles. The van der Waals surface area contributed by atoms with Gasteiger partial charge in [-0.05, 0) is 55.8 Å². The number of piperidine rings is 1. The Morgan fingerprint density at radius 1 is 1.16 bits per heavy atom. The third kappa shape index (κ3) is 3.09. The van der Waals surface area contributed by atoms with E-state index >= 15 is 0 Å². The van der Waals surface area contributed by atoms with Crippen molar-refractivity contribution in [2.24, 2.45) is 0 Å². The van der Waals surface area contributed by atoms with Gasteiger partial charge in [-0.25, -0.2) is 0 Å². The van der Waals surface area contributed by atoms with Crippen LogP contribution in [0.25, 0.3) is 22.2 Å². The summed E-state index contributed by atoms with van der Waals surface area (Å²) in [4.78, 5) is 9.98. The molecule has 1 aliphatic heterocycles. The fourth-order valence-electron chi connectivity index (χ4n) is 3.55. The predicted octanol–water partition coefficient (Wildman–Crippen LogP) is 3.79. The molecule has 5 heteroatoms. The van der Waals surface area contributed by atoms with Crippen molar-refractivity contribution in [3.8, 4) is 23.2 Å². The number of fused-ring (bicyclic) bond motifs is 1. The molecule has 126 valence electrons. The summed E-state index contributed by atoms with van der Waals surface area (Å²) in [6.45, 7) is 3.23. The Labute approximate surface area is 146 Å². The zero-order valence-corrected chi connectivity index (χ0v) is 14.0. The van der Waals surface area contributed by atoms with Crippen LogP contribution >= 0.6 is 0 Å². The second-order valence-electron chi connectivity index (χ2n) is 6.61. The summed E-state index contributed by atoms with van der Waals surface area (Å²) in [6.07, 6.45) is 5.76. The monoisotopic (exact) mass is 332 g/mol. The molecular weight excluding hydrogens is 312 g/mol. The number of nitriles is 1. The van der Waals surface area contributed by atoms with E-state index in [0.29, 0.717) is 16.8 Å². The molecule has 1 fully saturated rings. The Morgan fingerprint density at radius 3 is 2.72 bits per heavy atom. The van der Waals surface area contributed by atoms with Crippen LogP contribution in [-0.2, 0) is 6.54 Å². The first-order valence-corrected chi connectivity index (χ1v) is 8.67. The van der Waals surface area contributed by atoms with E-state index in [9.17, 15) is 5.11 Å². The third-order valence-electron chi connectivity index (χ3n) is 4.84. The van der Waals surface area contributed by atoms with E-state index in [2.05, 4.69) is 27.0 Å². The minimum atomic E-state index is 0.0846. The van der Waals surface area contributed by atoms with E-state index in [1.54, 1.807) is 12.1 Å². The molecule has 1 saturated heterocycles. The van der Waals surface area contributed by atoms with E-state index in [-0.39, 0.29) is 5.88 Å². The maximum atomic E-state index is 10.3. The van der Waals surface area contributed by atoms with Crippen LogP contribution in [0.3, 0.4) is 0 Å². The number of hydrogen-bond donors (Lipinski definition) is 2. The lowest BCUT2D eigenvalue weighted by atomic mass is 10.1. The van der Waals surface area contributed by atoms with Gasteiger partial charge in [0.1, 0.15) is 0 Å². The highest BCUT2D eigenvalue weighted by molar-refractivity contribution is 5.98. The van der Waals surface area contributed by atoms with Gasteiger partial charge < -0.3 is 10.1 Å². The van der Waals surface area contributed by atoms with Gasteiger partial charge in [0.2, 0.25) is 0 Å². The highest BCUT2D eigenvalue weighted by Gasteiger charge is 2.15. The van der Waals surface area contributed by atoms with Crippen LogP contribution in [0.5, 0.6) is 5.88 Å². The van der Waals surface area contributed by atoms with Crippen molar-refractivity contribution in [3.63, 3.8) is 0 Å². The summed E-state index contributed by atoms with van der Waals surface area (Å²) in [6, 6.07) is 11.5. The number of aromatic hydroxyl groups is 1. The molecule has 0 saturated carbocycles. The van der Waals surface area contributed by atoms with Gasteiger partial charge in [0.25, 0.3) is 0 Å². The van der Waals surface area contributed by atoms with Gasteiger partial charge in [-0.2, -0.15) is 5.26 Å². The van der Waals surface area contributed by atoms with Crippen molar-refractivity contribution in [3.05, 3.63) is 47.7 Å². The van der Waals surface area contributed by atoms with Gasteiger partial charge in [-0.1, -0.05) is 12.5 Å². The molecule has 25 heavy (non-hydrogen) atoms. The van der Waals surface area contributed by atoms with Crippen LogP contribution in [0.4, 0.5) is 0 Å². The van der Waals surface area contributed by atoms with Gasteiger partial charge >= 0.3 is 0 Å². The summed E-state index contributed by atoms with van der Waals surface area (Å²) in [7, 11) is 0. The van der Waals surface area contributed by atoms with Crippen molar-refractivity contribution in [2.75, 3.05) is 13.1 Å². The van der Waals surface area contributed by atoms with Crippen LogP contribution in [0.15, 0.2) is 36.5 Å². The molecule has 1 aromatic carbocycles. The molecule has 1 aliphatic rings. The second kappa shape index (κ2) is 6.58. The fraction of sp³-hybridized carbons (Fsp3) is 0.300. The number of nitrogens with zero attached hydrogens (tertiary/aromatic N) is 3. The summed E-state index contributed by atoms with van der Waals surface area (Å²) in [5.41, 5.74) is 3.90. The Morgan fingerprint density at radius 2 is 2.00 bits per heavy atom. The molecule has 0 spiro atoms. The molecular formula is C20H20N4O. The van der Waals surface area contributed by atoms with Crippen molar-refractivity contribution in [1.29, 1.82) is 5.26 Å². The van der Waals surface area contributed by atoms with Crippen LogP contribution in [-0.4, -0.2) is 33.1 Å². The van der Waals surface area contributed by atoms with Gasteiger partial charge in [-0.15, -0.1) is 0 Å². The molecule has 2 N–H and O–H groups in total. The first-order valence-electron chi connectivity index (χ1n) is 8.67. The molecule has 0 unspecified atom stereocenters. The Kier molecular flexibility index (Phi) is 4.12. The lowest BCUT2D eigenvalue weighted by Gasteiger charge is -2.26.